The maximum atomic E-state index is 13.7. The van der Waals surface area contributed by atoms with Gasteiger partial charge in [-0.2, -0.15) is 0 Å². The molecule has 0 aromatic carbocycles. The highest BCUT2D eigenvalue weighted by atomic mass is 79.9. The van der Waals surface area contributed by atoms with E-state index in [0.29, 0.717) is 32.4 Å². The molecule has 1 saturated carbocycles. The molecule has 2 aliphatic rings. The average Bonchev–Trinajstić information content (AvgIpc) is 2.65. The molecule has 1 aliphatic heterocycles. The fraction of sp³-hybridized carbons (Fsp3) is 0.917. The minimum absolute atomic E-state index is 0.231. The van der Waals surface area contributed by atoms with Gasteiger partial charge in [-0.05, 0) is 49.5 Å². The lowest BCUT2D eigenvalue weighted by molar-refractivity contribution is 0.0157. The van der Waals surface area contributed by atoms with Crippen molar-refractivity contribution in [3.05, 3.63) is 0 Å². The summed E-state index contributed by atoms with van der Waals surface area (Å²) in [5, 5.41) is 0. The van der Waals surface area contributed by atoms with Crippen molar-refractivity contribution in [2.24, 2.45) is 5.41 Å². The predicted octanol–water partition coefficient (Wildman–Crippen LogP) is 3.47. The van der Waals surface area contributed by atoms with Gasteiger partial charge in [0.2, 0.25) is 0 Å². The number of ether oxygens (including phenoxy) is 1. The number of rotatable bonds is 0. The molecule has 17 heavy (non-hydrogen) atoms. The maximum absolute atomic E-state index is 13.7. The summed E-state index contributed by atoms with van der Waals surface area (Å²) in [5.41, 5.74) is -0.698. The Morgan fingerprint density at radius 1 is 1.35 bits per heavy atom. The first-order valence-electron chi connectivity index (χ1n) is 6.01. The first-order valence-corrected chi connectivity index (χ1v) is 6.80. The van der Waals surface area contributed by atoms with Crippen LogP contribution in [0.5, 0.6) is 0 Å². The van der Waals surface area contributed by atoms with Crippen LogP contribution in [0.4, 0.5) is 9.18 Å². The van der Waals surface area contributed by atoms with Crippen LogP contribution in [-0.4, -0.2) is 34.3 Å². The zero-order valence-electron chi connectivity index (χ0n) is 10.6. The lowest BCUT2D eigenvalue weighted by Gasteiger charge is -2.34. The second-order valence-electron chi connectivity index (χ2n) is 6.13. The van der Waals surface area contributed by atoms with Gasteiger partial charge in [-0.25, -0.2) is 9.18 Å². The van der Waals surface area contributed by atoms with Gasteiger partial charge in [0.25, 0.3) is 0 Å². The predicted molar refractivity (Wildman–Crippen MR) is 66.9 cm³/mol. The zero-order valence-corrected chi connectivity index (χ0v) is 12.1. The van der Waals surface area contributed by atoms with Crippen molar-refractivity contribution in [3.63, 3.8) is 0 Å². The van der Waals surface area contributed by atoms with Crippen LogP contribution >= 0.6 is 15.9 Å². The van der Waals surface area contributed by atoms with Crippen molar-refractivity contribution >= 4 is 22.0 Å². The highest BCUT2D eigenvalue weighted by molar-refractivity contribution is 9.10. The molecule has 0 aromatic rings. The first kappa shape index (κ1) is 13.1. The quantitative estimate of drug-likeness (QED) is 0.641. The summed E-state index contributed by atoms with van der Waals surface area (Å²) < 4.78 is 17.8. The summed E-state index contributed by atoms with van der Waals surface area (Å²) in [6.07, 6.45) is 1.72. The van der Waals surface area contributed by atoms with Gasteiger partial charge in [0, 0.05) is 24.9 Å². The molecule has 1 heterocycles. The molecule has 1 spiro atoms. The van der Waals surface area contributed by atoms with E-state index in [1.54, 1.807) is 4.90 Å². The molecule has 0 bridgehead atoms. The molecule has 1 aliphatic carbocycles. The summed E-state index contributed by atoms with van der Waals surface area (Å²) >= 11 is 3.11. The Bertz CT molecular complexity index is 330. The number of nitrogens with zero attached hydrogens (tertiary/aromatic N) is 1. The summed E-state index contributed by atoms with van der Waals surface area (Å²) in [7, 11) is 0. The van der Waals surface area contributed by atoms with E-state index in [2.05, 4.69) is 15.9 Å². The second-order valence-corrected chi connectivity index (χ2v) is 7.39. The lowest BCUT2D eigenvalue weighted by atomic mass is 9.93. The van der Waals surface area contributed by atoms with Crippen LogP contribution in [0.25, 0.3) is 0 Å². The van der Waals surface area contributed by atoms with E-state index in [1.165, 1.54) is 0 Å². The molecule has 98 valence electrons. The topological polar surface area (TPSA) is 29.5 Å². The number of hydrogen-bond acceptors (Lipinski definition) is 2. The number of hydrogen-bond donors (Lipinski definition) is 0. The van der Waals surface area contributed by atoms with Crippen molar-refractivity contribution < 1.29 is 13.9 Å². The fourth-order valence-electron chi connectivity index (χ4n) is 2.37. The number of alkyl halides is 2. The summed E-state index contributed by atoms with van der Waals surface area (Å²) in [5.74, 6) is 0. The van der Waals surface area contributed by atoms with Gasteiger partial charge in [0.1, 0.15) is 5.60 Å². The molecule has 2 fully saturated rings. The SMILES string of the molecule is CC(C)(C)OC(=O)N1CCC2(CC1)CC2(F)Br. The van der Waals surface area contributed by atoms with Crippen LogP contribution in [-0.2, 0) is 4.74 Å². The van der Waals surface area contributed by atoms with E-state index in [1.807, 2.05) is 20.8 Å². The van der Waals surface area contributed by atoms with Crippen LogP contribution in [0.3, 0.4) is 0 Å². The van der Waals surface area contributed by atoms with Crippen molar-refractivity contribution in [1.29, 1.82) is 0 Å². The smallest absolute Gasteiger partial charge is 0.410 e. The van der Waals surface area contributed by atoms with Gasteiger partial charge < -0.3 is 9.64 Å². The molecule has 3 nitrogen and oxygen atoms in total. The number of carbonyl (C=O) groups is 1. The maximum Gasteiger partial charge on any atom is 0.410 e. The molecule has 1 saturated heterocycles. The minimum atomic E-state index is -1.19. The highest BCUT2D eigenvalue weighted by Crippen LogP contribution is 2.68. The van der Waals surface area contributed by atoms with Crippen molar-refractivity contribution in [1.82, 2.24) is 4.90 Å². The van der Waals surface area contributed by atoms with Gasteiger partial charge in [-0.1, -0.05) is 0 Å². The van der Waals surface area contributed by atoms with Crippen LogP contribution < -0.4 is 0 Å². The third kappa shape index (κ3) is 2.59. The van der Waals surface area contributed by atoms with Crippen LogP contribution in [0, 0.1) is 5.41 Å². The van der Waals surface area contributed by atoms with Crippen LogP contribution in [0.1, 0.15) is 40.0 Å². The molecule has 1 atom stereocenters. The Balaban J connectivity index is 1.86. The van der Waals surface area contributed by atoms with Gasteiger partial charge >= 0.3 is 6.09 Å². The van der Waals surface area contributed by atoms with Crippen LogP contribution in [0.2, 0.25) is 0 Å². The van der Waals surface area contributed by atoms with Gasteiger partial charge in [0.15, 0.2) is 4.58 Å². The third-order valence-electron chi connectivity index (χ3n) is 3.58. The Kier molecular flexibility index (Phi) is 2.96. The summed E-state index contributed by atoms with van der Waals surface area (Å²) in [6, 6.07) is 0. The summed E-state index contributed by atoms with van der Waals surface area (Å²) in [4.78, 5) is 13.5. The Hall–Kier alpha value is -0.320. The Morgan fingerprint density at radius 2 is 1.82 bits per heavy atom. The van der Waals surface area contributed by atoms with Gasteiger partial charge in [-0.3, -0.25) is 0 Å². The number of halogens is 2. The Morgan fingerprint density at radius 3 is 2.18 bits per heavy atom. The monoisotopic (exact) mass is 307 g/mol. The van der Waals surface area contributed by atoms with Crippen LogP contribution in [0.15, 0.2) is 0 Å². The van der Waals surface area contributed by atoms with Crippen molar-refractivity contribution in [2.75, 3.05) is 13.1 Å². The number of piperidine rings is 1. The molecule has 2 rings (SSSR count). The largest absolute Gasteiger partial charge is 0.444 e. The van der Waals surface area contributed by atoms with E-state index in [-0.39, 0.29) is 11.5 Å². The molecule has 0 N–H and O–H groups in total. The number of amides is 1. The van der Waals surface area contributed by atoms with Crippen molar-refractivity contribution in [2.45, 2.75) is 50.2 Å². The molecule has 5 heteroatoms. The molecular weight excluding hydrogens is 289 g/mol. The first-order chi connectivity index (χ1) is 7.65. The average molecular weight is 308 g/mol. The molecule has 1 amide bonds. The number of carbonyl (C=O) groups excluding carboxylic acids is 1. The van der Waals surface area contributed by atoms with E-state index in [0.717, 1.165) is 0 Å². The standard InChI is InChI=1S/C12H19BrFNO2/c1-10(2,3)17-9(16)15-6-4-11(5-7-15)8-12(11,13)14/h4-8H2,1-3H3. The normalized spacial score (nSPS) is 31.5. The van der Waals surface area contributed by atoms with Gasteiger partial charge in [0.05, 0.1) is 0 Å². The Labute approximate surface area is 110 Å². The van der Waals surface area contributed by atoms with E-state index in [9.17, 15) is 9.18 Å². The zero-order chi connectivity index (χ0) is 12.9. The summed E-state index contributed by atoms with van der Waals surface area (Å²) in [6.45, 7) is 6.73. The molecule has 0 radical (unpaired) electrons. The van der Waals surface area contributed by atoms with E-state index in [4.69, 9.17) is 4.74 Å². The fourth-order valence-corrected chi connectivity index (χ4v) is 3.30. The van der Waals surface area contributed by atoms with Gasteiger partial charge in [-0.15, -0.1) is 0 Å². The molecule has 0 aromatic heterocycles. The highest BCUT2D eigenvalue weighted by Gasteiger charge is 2.67. The lowest BCUT2D eigenvalue weighted by Crippen LogP contribution is -2.43. The third-order valence-corrected chi connectivity index (χ3v) is 4.71. The minimum Gasteiger partial charge on any atom is -0.444 e. The molecule has 1 unspecified atom stereocenters. The number of likely N-dealkylation sites (tertiary alicyclic amines) is 1. The van der Waals surface area contributed by atoms with Crippen molar-refractivity contribution in [3.8, 4) is 0 Å². The van der Waals surface area contributed by atoms with E-state index >= 15 is 0 Å². The second kappa shape index (κ2) is 3.84. The van der Waals surface area contributed by atoms with E-state index < -0.39 is 10.2 Å². The molecular formula is C12H19BrFNO2.